The summed E-state index contributed by atoms with van der Waals surface area (Å²) in [5, 5.41) is 1.47. The van der Waals surface area contributed by atoms with Gasteiger partial charge in [-0.15, -0.1) is 11.3 Å². The number of nitrogens with two attached hydrogens (primary N) is 1. The number of thiazole rings is 1. The van der Waals surface area contributed by atoms with E-state index in [1.165, 1.54) is 10.4 Å². The standard InChI is InChI=1S/C13H15ClN2S/c1-3-11-12(17-13(15)16-11)7-9-5-4-8(2)10(14)6-9/h4-6H,3,7H2,1-2H3,(H2,15,16). The average molecular weight is 267 g/mol. The Kier molecular flexibility index (Phi) is 3.69. The molecule has 0 aliphatic heterocycles. The van der Waals surface area contributed by atoms with Crippen molar-refractivity contribution in [2.45, 2.75) is 26.7 Å². The Labute approximate surface area is 110 Å². The van der Waals surface area contributed by atoms with Crippen molar-refractivity contribution in [2.75, 3.05) is 5.73 Å². The van der Waals surface area contributed by atoms with E-state index in [0.717, 1.165) is 29.1 Å². The van der Waals surface area contributed by atoms with E-state index in [-0.39, 0.29) is 0 Å². The van der Waals surface area contributed by atoms with Gasteiger partial charge in [0.2, 0.25) is 0 Å². The van der Waals surface area contributed by atoms with E-state index in [9.17, 15) is 0 Å². The lowest BCUT2D eigenvalue weighted by atomic mass is 10.1. The van der Waals surface area contributed by atoms with E-state index in [2.05, 4.69) is 18.0 Å². The van der Waals surface area contributed by atoms with Crippen LogP contribution in [0.2, 0.25) is 5.02 Å². The van der Waals surface area contributed by atoms with Gasteiger partial charge in [-0.25, -0.2) is 4.98 Å². The molecule has 0 unspecified atom stereocenters. The summed E-state index contributed by atoms with van der Waals surface area (Å²) in [6.45, 7) is 4.11. The second-order valence-electron chi connectivity index (χ2n) is 4.04. The van der Waals surface area contributed by atoms with Gasteiger partial charge in [-0.1, -0.05) is 30.7 Å². The summed E-state index contributed by atoms with van der Waals surface area (Å²) < 4.78 is 0. The third kappa shape index (κ3) is 2.79. The zero-order valence-corrected chi connectivity index (χ0v) is 11.5. The highest BCUT2D eigenvalue weighted by atomic mass is 35.5. The number of aryl methyl sites for hydroxylation is 2. The first kappa shape index (κ1) is 12.4. The van der Waals surface area contributed by atoms with Gasteiger partial charge in [-0.3, -0.25) is 0 Å². The molecule has 2 N–H and O–H groups in total. The van der Waals surface area contributed by atoms with Crippen molar-refractivity contribution in [3.05, 3.63) is 44.9 Å². The van der Waals surface area contributed by atoms with Gasteiger partial charge in [0.25, 0.3) is 0 Å². The van der Waals surface area contributed by atoms with Crippen molar-refractivity contribution in [1.29, 1.82) is 0 Å². The Morgan fingerprint density at radius 3 is 2.82 bits per heavy atom. The van der Waals surface area contributed by atoms with E-state index >= 15 is 0 Å². The van der Waals surface area contributed by atoms with E-state index in [1.807, 2.05) is 19.1 Å². The second-order valence-corrected chi connectivity index (χ2v) is 5.56. The van der Waals surface area contributed by atoms with E-state index in [4.69, 9.17) is 17.3 Å². The molecule has 0 aliphatic rings. The summed E-state index contributed by atoms with van der Waals surface area (Å²) in [5.74, 6) is 0. The number of rotatable bonds is 3. The number of nitrogen functional groups attached to an aromatic ring is 1. The van der Waals surface area contributed by atoms with Crippen LogP contribution in [0.5, 0.6) is 0 Å². The molecule has 0 bridgehead atoms. The minimum Gasteiger partial charge on any atom is -0.375 e. The molecule has 0 aliphatic carbocycles. The summed E-state index contributed by atoms with van der Waals surface area (Å²) in [4.78, 5) is 5.57. The molecular weight excluding hydrogens is 252 g/mol. The Morgan fingerprint density at radius 2 is 2.18 bits per heavy atom. The average Bonchev–Trinajstić information content (AvgIpc) is 2.64. The monoisotopic (exact) mass is 266 g/mol. The fourth-order valence-electron chi connectivity index (χ4n) is 1.75. The normalized spacial score (nSPS) is 10.8. The number of hydrogen-bond donors (Lipinski definition) is 1. The number of anilines is 1. The molecule has 0 atom stereocenters. The fraction of sp³-hybridized carbons (Fsp3) is 0.308. The van der Waals surface area contributed by atoms with Gasteiger partial charge < -0.3 is 5.73 Å². The fourth-order valence-corrected chi connectivity index (χ4v) is 2.91. The molecule has 1 heterocycles. The Balaban J connectivity index is 2.27. The number of hydrogen-bond acceptors (Lipinski definition) is 3. The number of benzene rings is 1. The van der Waals surface area contributed by atoms with Crippen LogP contribution in [0, 0.1) is 6.92 Å². The molecule has 0 fully saturated rings. The molecule has 0 saturated heterocycles. The molecule has 17 heavy (non-hydrogen) atoms. The van der Waals surface area contributed by atoms with Crippen molar-refractivity contribution in [2.24, 2.45) is 0 Å². The summed E-state index contributed by atoms with van der Waals surface area (Å²) in [6, 6.07) is 6.18. The van der Waals surface area contributed by atoms with Crippen LogP contribution < -0.4 is 5.73 Å². The van der Waals surface area contributed by atoms with E-state index in [1.54, 1.807) is 11.3 Å². The van der Waals surface area contributed by atoms with E-state index < -0.39 is 0 Å². The second kappa shape index (κ2) is 5.07. The summed E-state index contributed by atoms with van der Waals surface area (Å²) in [7, 11) is 0. The Hall–Kier alpha value is -1.06. The zero-order valence-electron chi connectivity index (χ0n) is 9.96. The maximum Gasteiger partial charge on any atom is 0.180 e. The van der Waals surface area contributed by atoms with Crippen molar-refractivity contribution >= 4 is 28.1 Å². The SMILES string of the molecule is CCc1nc(N)sc1Cc1ccc(C)c(Cl)c1. The zero-order chi connectivity index (χ0) is 12.4. The van der Waals surface area contributed by atoms with Crippen LogP contribution in [0.25, 0.3) is 0 Å². The van der Waals surface area contributed by atoms with Crippen LogP contribution in [-0.2, 0) is 12.8 Å². The molecule has 0 saturated carbocycles. The number of halogens is 1. The summed E-state index contributed by atoms with van der Waals surface area (Å²) >= 11 is 7.69. The van der Waals surface area contributed by atoms with Gasteiger partial charge in [0, 0.05) is 16.3 Å². The minimum absolute atomic E-state index is 0.648. The molecule has 4 heteroatoms. The van der Waals surface area contributed by atoms with Crippen LogP contribution >= 0.6 is 22.9 Å². The van der Waals surface area contributed by atoms with Crippen molar-refractivity contribution < 1.29 is 0 Å². The molecule has 1 aromatic heterocycles. The molecule has 0 amide bonds. The molecule has 90 valence electrons. The molecule has 0 radical (unpaired) electrons. The molecule has 1 aromatic carbocycles. The first-order valence-corrected chi connectivity index (χ1v) is 6.78. The minimum atomic E-state index is 0.648. The smallest absolute Gasteiger partial charge is 0.180 e. The highest BCUT2D eigenvalue weighted by Gasteiger charge is 2.09. The van der Waals surface area contributed by atoms with Crippen molar-refractivity contribution in [3.63, 3.8) is 0 Å². The number of nitrogens with zero attached hydrogens (tertiary/aromatic N) is 1. The predicted molar refractivity (Wildman–Crippen MR) is 74.9 cm³/mol. The van der Waals surface area contributed by atoms with Gasteiger partial charge in [0.05, 0.1) is 5.69 Å². The molecule has 2 rings (SSSR count). The predicted octanol–water partition coefficient (Wildman–Crippen LogP) is 3.84. The van der Waals surface area contributed by atoms with Gasteiger partial charge in [-0.2, -0.15) is 0 Å². The highest BCUT2D eigenvalue weighted by Crippen LogP contribution is 2.25. The number of aromatic nitrogens is 1. The van der Waals surface area contributed by atoms with Crippen LogP contribution in [0.1, 0.15) is 28.6 Å². The molecular formula is C13H15ClN2S. The van der Waals surface area contributed by atoms with Gasteiger partial charge in [0.15, 0.2) is 5.13 Å². The topological polar surface area (TPSA) is 38.9 Å². The maximum atomic E-state index is 6.12. The van der Waals surface area contributed by atoms with Gasteiger partial charge in [-0.05, 0) is 30.5 Å². The van der Waals surface area contributed by atoms with Crippen molar-refractivity contribution in [1.82, 2.24) is 4.98 Å². The quantitative estimate of drug-likeness (QED) is 0.917. The van der Waals surface area contributed by atoms with Gasteiger partial charge >= 0.3 is 0 Å². The third-order valence-corrected chi connectivity index (χ3v) is 4.06. The maximum absolute atomic E-state index is 6.12. The summed E-state index contributed by atoms with van der Waals surface area (Å²) in [5.41, 5.74) is 9.16. The summed E-state index contributed by atoms with van der Waals surface area (Å²) in [6.07, 6.45) is 1.78. The Bertz CT molecular complexity index is 534. The van der Waals surface area contributed by atoms with Crippen LogP contribution in [0.15, 0.2) is 18.2 Å². The van der Waals surface area contributed by atoms with Crippen LogP contribution in [0.4, 0.5) is 5.13 Å². The van der Waals surface area contributed by atoms with E-state index in [0.29, 0.717) is 5.13 Å². The largest absolute Gasteiger partial charge is 0.375 e. The molecule has 2 nitrogen and oxygen atoms in total. The lowest BCUT2D eigenvalue weighted by Gasteiger charge is -2.03. The first-order chi connectivity index (χ1) is 8.10. The molecule has 2 aromatic rings. The third-order valence-electron chi connectivity index (χ3n) is 2.73. The first-order valence-electron chi connectivity index (χ1n) is 5.59. The van der Waals surface area contributed by atoms with Crippen LogP contribution in [0.3, 0.4) is 0 Å². The lowest BCUT2D eigenvalue weighted by molar-refractivity contribution is 1.02. The van der Waals surface area contributed by atoms with Gasteiger partial charge in [0.1, 0.15) is 0 Å². The highest BCUT2D eigenvalue weighted by molar-refractivity contribution is 7.15. The lowest BCUT2D eigenvalue weighted by Crippen LogP contribution is -1.92. The van der Waals surface area contributed by atoms with Crippen molar-refractivity contribution in [3.8, 4) is 0 Å². The van der Waals surface area contributed by atoms with Crippen LogP contribution in [-0.4, -0.2) is 4.98 Å². The Morgan fingerprint density at radius 1 is 1.41 bits per heavy atom. The molecule has 0 spiro atoms.